The van der Waals surface area contributed by atoms with Crippen LogP contribution in [0.5, 0.6) is 0 Å². The molecule has 0 radical (unpaired) electrons. The molecule has 5 aliphatic rings. The Bertz CT molecular complexity index is 1230. The molecule has 1 aromatic carbocycles. The second-order valence-corrected chi connectivity index (χ2v) is 11.0. The Morgan fingerprint density at radius 2 is 2.06 bits per heavy atom. The molecule has 2 aliphatic heterocycles. The fourth-order valence-electron chi connectivity index (χ4n) is 8.19. The van der Waals surface area contributed by atoms with E-state index in [0.29, 0.717) is 11.8 Å². The summed E-state index contributed by atoms with van der Waals surface area (Å²) in [6, 6.07) is 9.08. The minimum absolute atomic E-state index is 0.165. The van der Waals surface area contributed by atoms with Crippen LogP contribution in [0.15, 0.2) is 65.1 Å². The molecule has 5 atom stereocenters. The third-order valence-corrected chi connectivity index (χ3v) is 9.72. The van der Waals surface area contributed by atoms with Crippen LogP contribution in [-0.4, -0.2) is 27.1 Å². The molecule has 2 bridgehead atoms. The number of nitrogens with zero attached hydrogens (tertiary/aromatic N) is 2. The summed E-state index contributed by atoms with van der Waals surface area (Å²) in [6.45, 7) is 2.51. The average Bonchev–Trinajstić information content (AvgIpc) is 3.33. The van der Waals surface area contributed by atoms with E-state index in [1.807, 2.05) is 12.4 Å². The van der Waals surface area contributed by atoms with Gasteiger partial charge in [0.15, 0.2) is 0 Å². The van der Waals surface area contributed by atoms with Gasteiger partial charge in [-0.3, -0.25) is 4.98 Å². The number of pyridine rings is 1. The van der Waals surface area contributed by atoms with Gasteiger partial charge in [0.1, 0.15) is 0 Å². The highest BCUT2D eigenvalue weighted by Gasteiger charge is 2.66. The molecule has 2 unspecified atom stereocenters. The number of fused-ring (bicyclic) bond motifs is 2. The lowest BCUT2D eigenvalue weighted by atomic mass is 9.58. The number of rotatable bonds is 1. The van der Waals surface area contributed by atoms with E-state index in [1.54, 1.807) is 0 Å². The van der Waals surface area contributed by atoms with Crippen molar-refractivity contribution in [2.45, 2.75) is 75.4 Å². The normalized spacial score (nSPS) is 41.1. The Kier molecular flexibility index (Phi) is 3.76. The summed E-state index contributed by atoms with van der Waals surface area (Å²) in [6.07, 6.45) is 17.1. The fourth-order valence-corrected chi connectivity index (χ4v) is 8.19. The molecule has 1 N–H and O–H groups in total. The molecule has 3 aliphatic carbocycles. The highest BCUT2D eigenvalue weighted by atomic mass is 16.5. The molecule has 4 heteroatoms. The average molecular weight is 427 g/mol. The highest BCUT2D eigenvalue weighted by Crippen LogP contribution is 2.69. The fraction of sp³-hybridized carbons (Fsp3) is 0.500. The van der Waals surface area contributed by atoms with Crippen LogP contribution >= 0.6 is 0 Å². The predicted octanol–water partition coefficient (Wildman–Crippen LogP) is 6.31. The molecule has 3 fully saturated rings. The summed E-state index contributed by atoms with van der Waals surface area (Å²) in [5, 5.41) is 15.6. The minimum atomic E-state index is -0.234. The van der Waals surface area contributed by atoms with Crippen molar-refractivity contribution in [1.82, 2.24) is 4.98 Å². The summed E-state index contributed by atoms with van der Waals surface area (Å²) >= 11 is 0. The third kappa shape index (κ3) is 2.31. The van der Waals surface area contributed by atoms with Crippen LogP contribution in [0.1, 0.15) is 69.8 Å². The molecule has 0 amide bonds. The molecule has 3 heterocycles. The first kappa shape index (κ1) is 19.0. The number of allylic oxidation sites excluding steroid dienone is 1. The molecule has 32 heavy (non-hydrogen) atoms. The third-order valence-electron chi connectivity index (χ3n) is 9.72. The first-order valence-electron chi connectivity index (χ1n) is 12.2. The summed E-state index contributed by atoms with van der Waals surface area (Å²) < 4.78 is 7.21. The predicted molar refractivity (Wildman–Crippen MR) is 125 cm³/mol. The maximum Gasteiger partial charge on any atom is 0.0975 e. The molecule has 1 aromatic heterocycles. The van der Waals surface area contributed by atoms with Crippen molar-refractivity contribution in [3.63, 3.8) is 0 Å². The lowest BCUT2D eigenvalue weighted by molar-refractivity contribution is -0.126. The Morgan fingerprint density at radius 1 is 1.12 bits per heavy atom. The molecule has 4 nitrogen and oxygen atoms in total. The van der Waals surface area contributed by atoms with E-state index in [0.717, 1.165) is 44.2 Å². The van der Waals surface area contributed by atoms with Gasteiger partial charge in [0.2, 0.25) is 0 Å². The van der Waals surface area contributed by atoms with Crippen LogP contribution in [0.2, 0.25) is 0 Å². The summed E-state index contributed by atoms with van der Waals surface area (Å²) in [5.41, 5.74) is 5.03. The molecule has 2 aromatic rings. The number of ether oxygens (including phenoxy) is 1. The molecule has 2 saturated carbocycles. The first-order valence-corrected chi connectivity index (χ1v) is 12.2. The van der Waals surface area contributed by atoms with Crippen LogP contribution in [0.25, 0.3) is 10.8 Å². The minimum Gasteiger partial charge on any atom is -0.411 e. The van der Waals surface area contributed by atoms with Gasteiger partial charge in [-0.05, 0) is 96.4 Å². The highest BCUT2D eigenvalue weighted by molar-refractivity contribution is 5.87. The van der Waals surface area contributed by atoms with E-state index in [9.17, 15) is 5.21 Å². The number of hydrogen-bond donors (Lipinski definition) is 1. The molecular weight excluding hydrogens is 396 g/mol. The van der Waals surface area contributed by atoms with Crippen molar-refractivity contribution in [3.8, 4) is 0 Å². The zero-order valence-electron chi connectivity index (χ0n) is 18.7. The smallest absolute Gasteiger partial charge is 0.0975 e. The van der Waals surface area contributed by atoms with Gasteiger partial charge in [0.05, 0.1) is 16.9 Å². The van der Waals surface area contributed by atoms with Gasteiger partial charge in [-0.1, -0.05) is 36.4 Å². The maximum atomic E-state index is 9.46. The van der Waals surface area contributed by atoms with Crippen LogP contribution in [0, 0.1) is 11.3 Å². The summed E-state index contributed by atoms with van der Waals surface area (Å²) in [4.78, 5) is 4.35. The Balaban J connectivity index is 1.30. The molecule has 164 valence electrons. The van der Waals surface area contributed by atoms with Crippen molar-refractivity contribution < 1.29 is 9.94 Å². The van der Waals surface area contributed by atoms with E-state index in [-0.39, 0.29) is 16.6 Å². The van der Waals surface area contributed by atoms with E-state index in [4.69, 9.17) is 4.74 Å². The largest absolute Gasteiger partial charge is 0.411 e. The summed E-state index contributed by atoms with van der Waals surface area (Å²) in [7, 11) is 0. The van der Waals surface area contributed by atoms with E-state index in [1.165, 1.54) is 40.3 Å². The topological polar surface area (TPSA) is 54.7 Å². The monoisotopic (exact) mass is 426 g/mol. The Morgan fingerprint density at radius 3 is 2.97 bits per heavy atom. The molecular formula is C28H30N2O2. The Labute approximate surface area is 189 Å². The van der Waals surface area contributed by atoms with Gasteiger partial charge >= 0.3 is 0 Å². The van der Waals surface area contributed by atoms with Crippen LogP contribution in [0.3, 0.4) is 0 Å². The first-order chi connectivity index (χ1) is 15.6. The lowest BCUT2D eigenvalue weighted by Gasteiger charge is -2.54. The van der Waals surface area contributed by atoms with E-state index in [2.05, 4.69) is 53.5 Å². The van der Waals surface area contributed by atoms with E-state index < -0.39 is 0 Å². The van der Waals surface area contributed by atoms with Crippen molar-refractivity contribution >= 4 is 16.5 Å². The lowest BCUT2D eigenvalue weighted by Crippen LogP contribution is -2.53. The second kappa shape index (κ2) is 6.32. The second-order valence-electron chi connectivity index (χ2n) is 11.0. The number of hydrogen-bond acceptors (Lipinski definition) is 4. The van der Waals surface area contributed by atoms with Crippen molar-refractivity contribution in [1.29, 1.82) is 0 Å². The van der Waals surface area contributed by atoms with Gasteiger partial charge in [0, 0.05) is 24.2 Å². The van der Waals surface area contributed by atoms with E-state index >= 15 is 0 Å². The number of aromatic nitrogens is 1. The van der Waals surface area contributed by atoms with Gasteiger partial charge < -0.3 is 9.94 Å². The summed E-state index contributed by atoms with van der Waals surface area (Å²) in [5.74, 6) is 1.06. The quantitative estimate of drug-likeness (QED) is 0.430. The van der Waals surface area contributed by atoms with Crippen LogP contribution < -0.4 is 0 Å². The molecule has 7 rings (SSSR count). The molecule has 2 spiro atoms. The van der Waals surface area contributed by atoms with Gasteiger partial charge in [0.25, 0.3) is 0 Å². The standard InChI is InChI=1S/C28H30N2O2/c1-26-10-8-22-15-21-4-5-23(30-31)16-27(21)11-12-28(22,32-27)25(26)7-6-24(26)19-3-2-18-9-13-29-17-20(18)14-19/h2-3,8-9,13-15,17,24-25,31H,4-7,10-12,16H2,1H3/b30-23-/t24?,25-,26?,27-,28-/m1/s1. The van der Waals surface area contributed by atoms with Crippen molar-refractivity contribution in [2.24, 2.45) is 16.5 Å². The molecule has 1 saturated heterocycles. The van der Waals surface area contributed by atoms with Crippen LogP contribution in [0.4, 0.5) is 0 Å². The zero-order valence-corrected chi connectivity index (χ0v) is 18.7. The van der Waals surface area contributed by atoms with Crippen molar-refractivity contribution in [2.75, 3.05) is 0 Å². The van der Waals surface area contributed by atoms with Crippen LogP contribution in [-0.2, 0) is 4.74 Å². The number of benzene rings is 1. The zero-order chi connectivity index (χ0) is 21.6. The van der Waals surface area contributed by atoms with Crippen molar-refractivity contribution in [3.05, 3.63) is 65.5 Å². The van der Waals surface area contributed by atoms with Gasteiger partial charge in [-0.25, -0.2) is 0 Å². The maximum absolute atomic E-state index is 9.46. The Hall–Kier alpha value is -2.46. The van der Waals surface area contributed by atoms with Gasteiger partial charge in [-0.2, -0.15) is 0 Å². The van der Waals surface area contributed by atoms with Gasteiger partial charge in [-0.15, -0.1) is 0 Å². The number of oxime groups is 1. The SMILES string of the molecule is CC12CC=C3C=C4CC/C(=N/O)C[C@]45CC[C@]3(O5)[C@@H]1CCC2c1ccc2ccncc2c1.